The Morgan fingerprint density at radius 1 is 1.33 bits per heavy atom. The maximum atomic E-state index is 10.7. The highest BCUT2D eigenvalue weighted by atomic mass is 16.5. The van der Waals surface area contributed by atoms with Crippen LogP contribution in [0.25, 0.3) is 0 Å². The Bertz CT molecular complexity index is 429. The van der Waals surface area contributed by atoms with E-state index in [4.69, 9.17) is 9.47 Å². The van der Waals surface area contributed by atoms with E-state index in [0.717, 1.165) is 24.2 Å². The third-order valence-electron chi connectivity index (χ3n) is 3.28. The van der Waals surface area contributed by atoms with E-state index in [0.29, 0.717) is 19.8 Å². The number of carbonyl (C=O) groups excluding carboxylic acids is 1. The molecular weight excluding hydrogens is 230 g/mol. The lowest BCUT2D eigenvalue weighted by atomic mass is 9.83. The number of isocyanates is 1. The first-order valence-electron chi connectivity index (χ1n) is 6.21. The van der Waals surface area contributed by atoms with Crippen molar-refractivity contribution in [1.82, 2.24) is 0 Å². The Morgan fingerprint density at radius 3 is 2.56 bits per heavy atom. The zero-order chi connectivity index (χ0) is 12.8. The molecule has 0 aromatic heterocycles. The van der Waals surface area contributed by atoms with E-state index in [2.05, 4.69) is 4.99 Å². The summed E-state index contributed by atoms with van der Waals surface area (Å²) >= 11 is 0. The van der Waals surface area contributed by atoms with Gasteiger partial charge in [0.05, 0.1) is 6.61 Å². The molecule has 0 amide bonds. The van der Waals surface area contributed by atoms with E-state index < -0.39 is 5.54 Å². The summed E-state index contributed by atoms with van der Waals surface area (Å²) in [6.07, 6.45) is 3.14. The second kappa shape index (κ2) is 5.80. The van der Waals surface area contributed by atoms with Gasteiger partial charge in [0.1, 0.15) is 11.3 Å². The highest BCUT2D eigenvalue weighted by Crippen LogP contribution is 2.36. The average molecular weight is 247 g/mol. The summed E-state index contributed by atoms with van der Waals surface area (Å²) < 4.78 is 10.7. The molecule has 1 aliphatic heterocycles. The lowest BCUT2D eigenvalue weighted by Crippen LogP contribution is -2.31. The Balaban J connectivity index is 2.27. The fourth-order valence-electron chi connectivity index (χ4n) is 2.29. The zero-order valence-electron chi connectivity index (χ0n) is 10.5. The second-order valence-corrected chi connectivity index (χ2v) is 4.30. The number of hydrogen-bond donors (Lipinski definition) is 0. The normalized spacial score (nSPS) is 17.8. The molecule has 1 fully saturated rings. The summed E-state index contributed by atoms with van der Waals surface area (Å²) in [5.74, 6) is 0.832. The molecule has 0 saturated carbocycles. The van der Waals surface area contributed by atoms with Gasteiger partial charge in [0.25, 0.3) is 0 Å². The topological polar surface area (TPSA) is 47.9 Å². The maximum absolute atomic E-state index is 10.7. The van der Waals surface area contributed by atoms with Crippen LogP contribution in [0.3, 0.4) is 0 Å². The molecule has 0 aliphatic carbocycles. The highest BCUT2D eigenvalue weighted by molar-refractivity contribution is 5.40. The predicted molar refractivity (Wildman–Crippen MR) is 67.5 cm³/mol. The first kappa shape index (κ1) is 12.8. The Morgan fingerprint density at radius 2 is 2.00 bits per heavy atom. The van der Waals surface area contributed by atoms with Gasteiger partial charge in [0.2, 0.25) is 6.08 Å². The summed E-state index contributed by atoms with van der Waals surface area (Å²) in [7, 11) is 0. The van der Waals surface area contributed by atoms with Gasteiger partial charge in [0, 0.05) is 26.1 Å². The minimum atomic E-state index is -0.468. The number of hydrogen-bond acceptors (Lipinski definition) is 4. The van der Waals surface area contributed by atoms with Gasteiger partial charge in [-0.3, -0.25) is 0 Å². The first-order chi connectivity index (χ1) is 8.80. The van der Waals surface area contributed by atoms with Gasteiger partial charge in [-0.25, -0.2) is 4.79 Å². The molecule has 1 aromatic carbocycles. The average Bonchev–Trinajstić information content (AvgIpc) is 2.41. The van der Waals surface area contributed by atoms with Gasteiger partial charge in [-0.1, -0.05) is 12.1 Å². The van der Waals surface area contributed by atoms with Crippen molar-refractivity contribution in [2.45, 2.75) is 25.3 Å². The van der Waals surface area contributed by atoms with Gasteiger partial charge in [0.15, 0.2) is 0 Å². The molecule has 1 saturated heterocycles. The zero-order valence-corrected chi connectivity index (χ0v) is 10.5. The van der Waals surface area contributed by atoms with Crippen LogP contribution in [-0.4, -0.2) is 25.9 Å². The Kier molecular flexibility index (Phi) is 4.13. The maximum Gasteiger partial charge on any atom is 0.235 e. The van der Waals surface area contributed by atoms with E-state index in [1.807, 2.05) is 31.2 Å². The van der Waals surface area contributed by atoms with Crippen molar-refractivity contribution in [2.75, 3.05) is 19.8 Å². The van der Waals surface area contributed by atoms with E-state index in [9.17, 15) is 4.79 Å². The number of nitrogens with zero attached hydrogens (tertiary/aromatic N) is 1. The smallest absolute Gasteiger partial charge is 0.235 e. The molecule has 4 heteroatoms. The molecule has 1 aromatic rings. The van der Waals surface area contributed by atoms with Crippen LogP contribution < -0.4 is 4.74 Å². The fourth-order valence-corrected chi connectivity index (χ4v) is 2.29. The van der Waals surface area contributed by atoms with E-state index >= 15 is 0 Å². The molecule has 0 unspecified atom stereocenters. The molecule has 1 aliphatic rings. The summed E-state index contributed by atoms with van der Waals surface area (Å²) in [5.41, 5.74) is 0.558. The molecule has 0 N–H and O–H groups in total. The van der Waals surface area contributed by atoms with Gasteiger partial charge < -0.3 is 9.47 Å². The van der Waals surface area contributed by atoms with Crippen molar-refractivity contribution in [3.8, 4) is 5.75 Å². The first-order valence-corrected chi connectivity index (χ1v) is 6.21. The summed E-state index contributed by atoms with van der Waals surface area (Å²) in [6, 6.07) is 7.76. The minimum absolute atomic E-state index is 0.468. The van der Waals surface area contributed by atoms with Gasteiger partial charge in [-0.2, -0.15) is 4.99 Å². The molecule has 0 atom stereocenters. The highest BCUT2D eigenvalue weighted by Gasteiger charge is 2.34. The fraction of sp³-hybridized carbons (Fsp3) is 0.500. The standard InChI is InChI=1S/C14H17NO3/c1-2-18-13-5-3-12(4-6-13)14(15-11-16)7-9-17-10-8-14/h3-6H,2,7-10H2,1H3. The largest absolute Gasteiger partial charge is 0.494 e. The van der Waals surface area contributed by atoms with Crippen LogP contribution >= 0.6 is 0 Å². The molecule has 0 bridgehead atoms. The summed E-state index contributed by atoms with van der Waals surface area (Å²) in [6.45, 7) is 3.84. The third-order valence-corrected chi connectivity index (χ3v) is 3.28. The molecule has 0 radical (unpaired) electrons. The Hall–Kier alpha value is -1.64. The van der Waals surface area contributed by atoms with Crippen molar-refractivity contribution < 1.29 is 14.3 Å². The predicted octanol–water partition coefficient (Wildman–Crippen LogP) is 2.43. The minimum Gasteiger partial charge on any atom is -0.494 e. The SMILES string of the molecule is CCOc1ccc(C2(N=C=O)CCOCC2)cc1. The van der Waals surface area contributed by atoms with Gasteiger partial charge >= 0.3 is 0 Å². The number of benzene rings is 1. The molecule has 0 spiro atoms. The quantitative estimate of drug-likeness (QED) is 0.606. The van der Waals surface area contributed by atoms with Crippen LogP contribution in [0.2, 0.25) is 0 Å². The number of ether oxygens (including phenoxy) is 2. The van der Waals surface area contributed by atoms with Crippen LogP contribution in [-0.2, 0) is 15.1 Å². The molecule has 4 nitrogen and oxygen atoms in total. The van der Waals surface area contributed by atoms with Crippen molar-refractivity contribution in [2.24, 2.45) is 4.99 Å². The van der Waals surface area contributed by atoms with Crippen LogP contribution in [0.1, 0.15) is 25.3 Å². The van der Waals surface area contributed by atoms with Crippen molar-refractivity contribution in [1.29, 1.82) is 0 Å². The number of rotatable bonds is 4. The summed E-state index contributed by atoms with van der Waals surface area (Å²) in [4.78, 5) is 14.7. The number of aliphatic imine (C=N–C) groups is 1. The molecular formula is C14H17NO3. The Labute approximate surface area is 107 Å². The van der Waals surface area contributed by atoms with E-state index in [1.165, 1.54) is 0 Å². The van der Waals surface area contributed by atoms with Crippen molar-refractivity contribution in [3.63, 3.8) is 0 Å². The lowest BCUT2D eigenvalue weighted by molar-refractivity contribution is 0.0531. The van der Waals surface area contributed by atoms with Crippen LogP contribution in [0.15, 0.2) is 29.3 Å². The summed E-state index contributed by atoms with van der Waals surface area (Å²) in [5, 5.41) is 0. The third kappa shape index (κ3) is 2.61. The molecule has 1 heterocycles. The van der Waals surface area contributed by atoms with Crippen molar-refractivity contribution >= 4 is 6.08 Å². The van der Waals surface area contributed by atoms with Crippen LogP contribution in [0.4, 0.5) is 0 Å². The monoisotopic (exact) mass is 247 g/mol. The van der Waals surface area contributed by atoms with Gasteiger partial charge in [-0.05, 0) is 24.6 Å². The molecule has 2 rings (SSSR count). The van der Waals surface area contributed by atoms with Crippen molar-refractivity contribution in [3.05, 3.63) is 29.8 Å². The molecule has 18 heavy (non-hydrogen) atoms. The van der Waals surface area contributed by atoms with Gasteiger partial charge in [-0.15, -0.1) is 0 Å². The van der Waals surface area contributed by atoms with E-state index in [-0.39, 0.29) is 0 Å². The molecule has 96 valence electrons. The lowest BCUT2D eigenvalue weighted by Gasteiger charge is -2.32. The van der Waals surface area contributed by atoms with Crippen LogP contribution in [0, 0.1) is 0 Å². The van der Waals surface area contributed by atoms with Crippen LogP contribution in [0.5, 0.6) is 5.75 Å². The second-order valence-electron chi connectivity index (χ2n) is 4.30. The van der Waals surface area contributed by atoms with E-state index in [1.54, 1.807) is 6.08 Å².